The first-order valence-corrected chi connectivity index (χ1v) is 6.19. The van der Waals surface area contributed by atoms with E-state index >= 15 is 0 Å². The van der Waals surface area contributed by atoms with Crippen LogP contribution in [0.2, 0.25) is 0 Å². The zero-order valence-corrected chi connectivity index (χ0v) is 10.4. The molecule has 1 unspecified atom stereocenters. The fraction of sp³-hybridized carbons (Fsp3) is 0.600. The lowest BCUT2D eigenvalue weighted by atomic mass is 9.96. The van der Waals surface area contributed by atoms with Crippen LogP contribution in [-0.2, 0) is 0 Å². The van der Waals surface area contributed by atoms with E-state index in [0.29, 0.717) is 0 Å². The first-order chi connectivity index (χ1) is 7.18. The average Bonchev–Trinajstić information content (AvgIpc) is 2.16. The SMILES string of the molecule is CC1=C\CCC(C)CCC\C(C)=C/C=C/1. The molecule has 0 nitrogen and oxygen atoms in total. The molecule has 0 heterocycles. The highest BCUT2D eigenvalue weighted by molar-refractivity contribution is 5.22. The Morgan fingerprint density at radius 3 is 2.80 bits per heavy atom. The summed E-state index contributed by atoms with van der Waals surface area (Å²) >= 11 is 0. The third-order valence-electron chi connectivity index (χ3n) is 3.13. The van der Waals surface area contributed by atoms with Gasteiger partial charge in [-0.1, -0.05) is 48.8 Å². The summed E-state index contributed by atoms with van der Waals surface area (Å²) in [7, 11) is 0. The van der Waals surface area contributed by atoms with Gasteiger partial charge in [-0.05, 0) is 45.4 Å². The molecule has 0 saturated heterocycles. The minimum Gasteiger partial charge on any atom is -0.0816 e. The van der Waals surface area contributed by atoms with Crippen molar-refractivity contribution in [2.75, 3.05) is 0 Å². The van der Waals surface area contributed by atoms with E-state index in [2.05, 4.69) is 45.1 Å². The van der Waals surface area contributed by atoms with Crippen molar-refractivity contribution in [2.24, 2.45) is 5.92 Å². The van der Waals surface area contributed by atoms with Crippen LogP contribution in [0.3, 0.4) is 0 Å². The molecule has 0 radical (unpaired) electrons. The van der Waals surface area contributed by atoms with Crippen LogP contribution in [0.1, 0.15) is 52.9 Å². The van der Waals surface area contributed by atoms with Gasteiger partial charge in [0.05, 0.1) is 0 Å². The molecule has 84 valence electrons. The minimum absolute atomic E-state index is 0.880. The van der Waals surface area contributed by atoms with E-state index in [1.807, 2.05) is 0 Å². The molecule has 1 aliphatic carbocycles. The molecule has 0 bridgehead atoms. The smallest absolute Gasteiger partial charge is 0.0320 e. The average molecular weight is 204 g/mol. The van der Waals surface area contributed by atoms with Crippen LogP contribution in [0, 0.1) is 5.92 Å². The fourth-order valence-electron chi connectivity index (χ4n) is 1.98. The number of allylic oxidation sites excluding steroid dienone is 6. The third kappa shape index (κ3) is 5.61. The Balaban J connectivity index is 2.64. The van der Waals surface area contributed by atoms with Gasteiger partial charge in [0.15, 0.2) is 0 Å². The summed E-state index contributed by atoms with van der Waals surface area (Å²) in [5.74, 6) is 0.880. The lowest BCUT2D eigenvalue weighted by Gasteiger charge is -2.10. The van der Waals surface area contributed by atoms with Gasteiger partial charge in [0.25, 0.3) is 0 Å². The van der Waals surface area contributed by atoms with E-state index in [-0.39, 0.29) is 0 Å². The second-order valence-corrected chi connectivity index (χ2v) is 4.90. The number of rotatable bonds is 0. The lowest BCUT2D eigenvalue weighted by molar-refractivity contribution is 0.478. The minimum atomic E-state index is 0.880. The monoisotopic (exact) mass is 204 g/mol. The molecular formula is C15H24. The van der Waals surface area contributed by atoms with Crippen molar-refractivity contribution in [2.45, 2.75) is 52.9 Å². The highest BCUT2D eigenvalue weighted by Crippen LogP contribution is 2.18. The molecule has 0 aromatic heterocycles. The van der Waals surface area contributed by atoms with Crippen molar-refractivity contribution in [3.63, 3.8) is 0 Å². The van der Waals surface area contributed by atoms with Crippen LogP contribution in [-0.4, -0.2) is 0 Å². The first kappa shape index (κ1) is 12.3. The Labute approximate surface area is 94.8 Å². The summed E-state index contributed by atoms with van der Waals surface area (Å²) in [6.07, 6.45) is 15.6. The predicted octanol–water partition coefficient (Wildman–Crippen LogP) is 5.04. The summed E-state index contributed by atoms with van der Waals surface area (Å²) in [6.45, 7) is 6.81. The number of hydrogen-bond acceptors (Lipinski definition) is 0. The molecule has 1 atom stereocenters. The standard InChI is InChI=1S/C15H24/c1-13-7-4-9-14(2)11-6-12-15(3)10-5-8-13/h4,7-9,15H,5-6,10-12H2,1-3H3/b7-4+,13-8-,14-9-. The van der Waals surface area contributed by atoms with Gasteiger partial charge >= 0.3 is 0 Å². The van der Waals surface area contributed by atoms with E-state index in [1.54, 1.807) is 0 Å². The van der Waals surface area contributed by atoms with E-state index in [4.69, 9.17) is 0 Å². The van der Waals surface area contributed by atoms with E-state index in [9.17, 15) is 0 Å². The zero-order chi connectivity index (χ0) is 11.1. The summed E-state index contributed by atoms with van der Waals surface area (Å²) in [6, 6.07) is 0. The Morgan fingerprint density at radius 2 is 2.00 bits per heavy atom. The van der Waals surface area contributed by atoms with Gasteiger partial charge in [-0.15, -0.1) is 0 Å². The molecule has 0 aromatic rings. The Kier molecular flexibility index (Phi) is 5.45. The highest BCUT2D eigenvalue weighted by Gasteiger charge is 2.01. The van der Waals surface area contributed by atoms with Crippen molar-refractivity contribution in [3.05, 3.63) is 35.5 Å². The molecule has 0 spiro atoms. The zero-order valence-electron chi connectivity index (χ0n) is 10.4. The summed E-state index contributed by atoms with van der Waals surface area (Å²) in [5, 5.41) is 0. The predicted molar refractivity (Wildman–Crippen MR) is 68.9 cm³/mol. The van der Waals surface area contributed by atoms with Crippen molar-refractivity contribution < 1.29 is 0 Å². The second kappa shape index (κ2) is 6.66. The van der Waals surface area contributed by atoms with Gasteiger partial charge in [-0.3, -0.25) is 0 Å². The van der Waals surface area contributed by atoms with E-state index in [0.717, 1.165) is 5.92 Å². The largest absolute Gasteiger partial charge is 0.0816 e. The Morgan fingerprint density at radius 1 is 1.20 bits per heavy atom. The molecule has 1 rings (SSSR count). The van der Waals surface area contributed by atoms with Crippen LogP contribution in [0.15, 0.2) is 35.5 Å². The molecule has 0 saturated carbocycles. The maximum Gasteiger partial charge on any atom is -0.0320 e. The van der Waals surface area contributed by atoms with Crippen LogP contribution >= 0.6 is 0 Å². The van der Waals surface area contributed by atoms with Crippen molar-refractivity contribution in [1.29, 1.82) is 0 Å². The van der Waals surface area contributed by atoms with Crippen molar-refractivity contribution in [1.82, 2.24) is 0 Å². The van der Waals surface area contributed by atoms with Crippen LogP contribution in [0.5, 0.6) is 0 Å². The summed E-state index contributed by atoms with van der Waals surface area (Å²) < 4.78 is 0. The maximum absolute atomic E-state index is 2.38. The number of hydrogen-bond donors (Lipinski definition) is 0. The normalized spacial score (nSPS) is 33.9. The molecule has 0 fully saturated rings. The maximum atomic E-state index is 2.38. The third-order valence-corrected chi connectivity index (χ3v) is 3.13. The van der Waals surface area contributed by atoms with Crippen LogP contribution < -0.4 is 0 Å². The molecule has 15 heavy (non-hydrogen) atoms. The second-order valence-electron chi connectivity index (χ2n) is 4.90. The summed E-state index contributed by atoms with van der Waals surface area (Å²) in [4.78, 5) is 0. The van der Waals surface area contributed by atoms with Crippen LogP contribution in [0.4, 0.5) is 0 Å². The first-order valence-electron chi connectivity index (χ1n) is 6.19. The topological polar surface area (TPSA) is 0 Å². The molecule has 0 aliphatic heterocycles. The molecule has 0 amide bonds. The molecule has 1 aliphatic rings. The van der Waals surface area contributed by atoms with Gasteiger partial charge in [0, 0.05) is 0 Å². The van der Waals surface area contributed by atoms with Gasteiger partial charge in [0.2, 0.25) is 0 Å². The summed E-state index contributed by atoms with van der Waals surface area (Å²) in [5.41, 5.74) is 2.90. The highest BCUT2D eigenvalue weighted by atomic mass is 14.1. The lowest BCUT2D eigenvalue weighted by Crippen LogP contribution is -1.94. The Hall–Kier alpha value is -0.780. The molecular weight excluding hydrogens is 180 g/mol. The molecule has 0 N–H and O–H groups in total. The van der Waals surface area contributed by atoms with Gasteiger partial charge in [-0.25, -0.2) is 0 Å². The molecule has 0 heteroatoms. The fourth-order valence-corrected chi connectivity index (χ4v) is 1.98. The van der Waals surface area contributed by atoms with Gasteiger partial charge in [-0.2, -0.15) is 0 Å². The van der Waals surface area contributed by atoms with Gasteiger partial charge < -0.3 is 0 Å². The van der Waals surface area contributed by atoms with E-state index in [1.165, 1.54) is 43.3 Å². The Bertz CT molecular complexity index is 266. The van der Waals surface area contributed by atoms with Crippen LogP contribution in [0.25, 0.3) is 0 Å². The quantitative estimate of drug-likeness (QED) is 0.519. The molecule has 0 aromatic carbocycles. The van der Waals surface area contributed by atoms with Gasteiger partial charge in [0.1, 0.15) is 0 Å². The van der Waals surface area contributed by atoms with E-state index < -0.39 is 0 Å². The van der Waals surface area contributed by atoms with Crippen molar-refractivity contribution >= 4 is 0 Å². The van der Waals surface area contributed by atoms with Crippen molar-refractivity contribution in [3.8, 4) is 0 Å².